The number of aromatic nitrogens is 2. The summed E-state index contributed by atoms with van der Waals surface area (Å²) in [7, 11) is 1.62. The van der Waals surface area contributed by atoms with Crippen LogP contribution in [-0.4, -0.2) is 23.2 Å². The lowest BCUT2D eigenvalue weighted by Gasteiger charge is -2.28. The summed E-state index contributed by atoms with van der Waals surface area (Å²) in [5.74, 6) is 3.04. The van der Waals surface area contributed by atoms with E-state index in [1.807, 2.05) is 72.8 Å². The van der Waals surface area contributed by atoms with Gasteiger partial charge in [0.05, 0.1) is 13.2 Å². The molecule has 4 aromatic rings. The molecule has 1 aromatic heterocycles. The lowest BCUT2D eigenvalue weighted by atomic mass is 9.94. The van der Waals surface area contributed by atoms with Gasteiger partial charge in [0.25, 0.3) is 0 Å². The normalized spacial score (nSPS) is 12.4. The molecule has 1 aliphatic rings. The maximum Gasteiger partial charge on any atom is 0.227 e. The lowest BCUT2D eigenvalue weighted by molar-refractivity contribution is -0.121. The van der Waals surface area contributed by atoms with Crippen LogP contribution in [0.5, 0.6) is 17.2 Å². The van der Waals surface area contributed by atoms with Crippen molar-refractivity contribution in [3.8, 4) is 28.6 Å². The van der Waals surface area contributed by atoms with E-state index in [9.17, 15) is 4.79 Å². The van der Waals surface area contributed by atoms with E-state index in [0.717, 1.165) is 33.9 Å². The van der Waals surface area contributed by atoms with Gasteiger partial charge < -0.3 is 19.3 Å². The topological polar surface area (TPSA) is 86.5 Å². The van der Waals surface area contributed by atoms with Gasteiger partial charge in [-0.05, 0) is 36.4 Å². The molecular formula is C25H21N3O4. The number of benzene rings is 3. The molecule has 0 unspecified atom stereocenters. The SMILES string of the molecule is COc1ccc(-c2noc(CCC(=O)NC3c4ccccc4Oc4ccccc43)n2)cc1. The molecule has 0 radical (unpaired) electrons. The van der Waals surface area contributed by atoms with Gasteiger partial charge in [-0.1, -0.05) is 41.6 Å². The summed E-state index contributed by atoms with van der Waals surface area (Å²) in [6, 6.07) is 22.6. The van der Waals surface area contributed by atoms with Crippen LogP contribution >= 0.6 is 0 Å². The van der Waals surface area contributed by atoms with E-state index in [0.29, 0.717) is 18.1 Å². The van der Waals surface area contributed by atoms with Gasteiger partial charge in [0.15, 0.2) is 0 Å². The zero-order chi connectivity index (χ0) is 21.9. The Morgan fingerprint density at radius 1 is 0.969 bits per heavy atom. The maximum atomic E-state index is 12.8. The first-order valence-corrected chi connectivity index (χ1v) is 10.3. The number of hydrogen-bond acceptors (Lipinski definition) is 6. The minimum atomic E-state index is -0.277. The van der Waals surface area contributed by atoms with Gasteiger partial charge in [-0.2, -0.15) is 4.98 Å². The average Bonchev–Trinajstić information content (AvgIpc) is 3.32. The molecule has 2 heterocycles. The van der Waals surface area contributed by atoms with Gasteiger partial charge in [0, 0.05) is 29.5 Å². The Labute approximate surface area is 185 Å². The van der Waals surface area contributed by atoms with E-state index in [1.54, 1.807) is 7.11 Å². The Balaban J connectivity index is 1.27. The van der Waals surface area contributed by atoms with E-state index in [2.05, 4.69) is 15.5 Å². The van der Waals surface area contributed by atoms with E-state index in [4.69, 9.17) is 14.0 Å². The van der Waals surface area contributed by atoms with E-state index < -0.39 is 0 Å². The predicted octanol–water partition coefficient (Wildman–Crippen LogP) is 4.69. The zero-order valence-electron chi connectivity index (χ0n) is 17.4. The van der Waals surface area contributed by atoms with Gasteiger partial charge in [0.1, 0.15) is 17.2 Å². The van der Waals surface area contributed by atoms with E-state index in [1.165, 1.54) is 0 Å². The molecule has 0 bridgehead atoms. The Morgan fingerprint density at radius 2 is 1.62 bits per heavy atom. The third-order valence-corrected chi connectivity index (χ3v) is 5.37. The number of para-hydroxylation sites is 2. The summed E-state index contributed by atoms with van der Waals surface area (Å²) in [5.41, 5.74) is 2.68. The fourth-order valence-electron chi connectivity index (χ4n) is 3.73. The molecule has 1 amide bonds. The number of aryl methyl sites for hydroxylation is 1. The number of nitrogens with zero attached hydrogens (tertiary/aromatic N) is 2. The Kier molecular flexibility index (Phi) is 5.29. The number of methoxy groups -OCH3 is 1. The van der Waals surface area contributed by atoms with Gasteiger partial charge >= 0.3 is 0 Å². The number of nitrogens with one attached hydrogen (secondary N) is 1. The summed E-state index contributed by atoms with van der Waals surface area (Å²) in [6.07, 6.45) is 0.577. The number of ether oxygens (including phenoxy) is 2. The molecule has 7 heteroatoms. The minimum absolute atomic E-state index is 0.106. The fourth-order valence-corrected chi connectivity index (χ4v) is 3.73. The summed E-state index contributed by atoms with van der Waals surface area (Å²) in [5, 5.41) is 7.15. The van der Waals surface area contributed by atoms with Crippen molar-refractivity contribution in [3.63, 3.8) is 0 Å². The highest BCUT2D eigenvalue weighted by Crippen LogP contribution is 2.42. The van der Waals surface area contributed by atoms with E-state index in [-0.39, 0.29) is 18.4 Å². The molecule has 0 spiro atoms. The first-order chi connectivity index (χ1) is 15.7. The second-order valence-corrected chi connectivity index (χ2v) is 7.42. The van der Waals surface area contributed by atoms with Crippen molar-refractivity contribution in [1.29, 1.82) is 0 Å². The summed E-state index contributed by atoms with van der Waals surface area (Å²) >= 11 is 0. The molecule has 0 atom stereocenters. The molecular weight excluding hydrogens is 406 g/mol. The van der Waals surface area contributed by atoms with Gasteiger partial charge in [-0.3, -0.25) is 4.79 Å². The van der Waals surface area contributed by atoms with Crippen LogP contribution < -0.4 is 14.8 Å². The first kappa shape index (κ1) is 19.8. The predicted molar refractivity (Wildman–Crippen MR) is 118 cm³/mol. The summed E-state index contributed by atoms with van der Waals surface area (Å²) < 4.78 is 16.5. The third kappa shape index (κ3) is 3.92. The van der Waals surface area contributed by atoms with Crippen LogP contribution in [0.1, 0.15) is 29.5 Å². The van der Waals surface area contributed by atoms with Crippen molar-refractivity contribution in [2.24, 2.45) is 0 Å². The van der Waals surface area contributed by atoms with Crippen molar-refractivity contribution >= 4 is 5.91 Å². The number of rotatable bonds is 6. The highest BCUT2D eigenvalue weighted by molar-refractivity contribution is 5.78. The summed E-state index contributed by atoms with van der Waals surface area (Å²) in [6.45, 7) is 0. The largest absolute Gasteiger partial charge is 0.497 e. The molecule has 5 rings (SSSR count). The molecule has 0 fully saturated rings. The molecule has 0 saturated heterocycles. The van der Waals surface area contributed by atoms with Crippen molar-refractivity contribution < 1.29 is 18.8 Å². The fraction of sp³-hybridized carbons (Fsp3) is 0.160. The average molecular weight is 427 g/mol. The van der Waals surface area contributed by atoms with Gasteiger partial charge in [-0.25, -0.2) is 0 Å². The maximum absolute atomic E-state index is 12.8. The first-order valence-electron chi connectivity index (χ1n) is 10.3. The van der Waals surface area contributed by atoms with Gasteiger partial charge in [0.2, 0.25) is 17.6 Å². The van der Waals surface area contributed by atoms with Gasteiger partial charge in [-0.15, -0.1) is 0 Å². The molecule has 3 aromatic carbocycles. The van der Waals surface area contributed by atoms with Crippen molar-refractivity contribution in [3.05, 3.63) is 89.8 Å². The van der Waals surface area contributed by atoms with E-state index >= 15 is 0 Å². The van der Waals surface area contributed by atoms with Crippen molar-refractivity contribution in [2.45, 2.75) is 18.9 Å². The molecule has 0 aliphatic carbocycles. The van der Waals surface area contributed by atoms with Crippen LogP contribution in [0.15, 0.2) is 77.3 Å². The van der Waals surface area contributed by atoms with Crippen LogP contribution in [-0.2, 0) is 11.2 Å². The molecule has 32 heavy (non-hydrogen) atoms. The van der Waals surface area contributed by atoms with Crippen molar-refractivity contribution in [2.75, 3.05) is 7.11 Å². The second-order valence-electron chi connectivity index (χ2n) is 7.42. The summed E-state index contributed by atoms with van der Waals surface area (Å²) in [4.78, 5) is 17.2. The molecule has 160 valence electrons. The number of hydrogen-bond donors (Lipinski definition) is 1. The zero-order valence-corrected chi connectivity index (χ0v) is 17.4. The van der Waals surface area contributed by atoms with Crippen LogP contribution in [0.2, 0.25) is 0 Å². The van der Waals surface area contributed by atoms with Crippen LogP contribution in [0.3, 0.4) is 0 Å². The highest BCUT2D eigenvalue weighted by atomic mass is 16.5. The molecule has 0 saturated carbocycles. The molecule has 7 nitrogen and oxygen atoms in total. The smallest absolute Gasteiger partial charge is 0.227 e. The van der Waals surface area contributed by atoms with Crippen LogP contribution in [0.25, 0.3) is 11.4 Å². The standard InChI is InChI=1S/C25H21N3O4/c1-30-17-12-10-16(11-13-17)25-27-23(32-28-25)15-14-22(29)26-24-18-6-2-4-8-20(18)31-21-9-5-3-7-19(21)24/h2-13,24H,14-15H2,1H3,(H,26,29). The Morgan fingerprint density at radius 3 is 2.28 bits per heavy atom. The third-order valence-electron chi connectivity index (χ3n) is 5.37. The molecule has 1 aliphatic heterocycles. The van der Waals surface area contributed by atoms with Crippen LogP contribution in [0, 0.1) is 0 Å². The number of carbonyl (C=O) groups excluding carboxylic acids is 1. The lowest BCUT2D eigenvalue weighted by Crippen LogP contribution is -2.31. The van der Waals surface area contributed by atoms with Crippen LogP contribution in [0.4, 0.5) is 0 Å². The minimum Gasteiger partial charge on any atom is -0.497 e. The number of amides is 1. The monoisotopic (exact) mass is 427 g/mol. The number of fused-ring (bicyclic) bond motifs is 2. The molecule has 1 N–H and O–H groups in total. The van der Waals surface area contributed by atoms with Crippen molar-refractivity contribution in [1.82, 2.24) is 15.5 Å². The highest BCUT2D eigenvalue weighted by Gasteiger charge is 2.28. The quantitative estimate of drug-likeness (QED) is 0.480. The Bertz CT molecular complexity index is 1200. The Hall–Kier alpha value is -4.13. The number of carbonyl (C=O) groups is 1. The second kappa shape index (κ2) is 8.55.